The molecule has 1 unspecified atom stereocenters. The zero-order valence-electron chi connectivity index (χ0n) is 15.6. The third kappa shape index (κ3) is 4.64. The molecule has 140 valence electrons. The monoisotopic (exact) mass is 356 g/mol. The number of phenolic OH excluding ortho intramolecular Hbond substituents is 1. The van der Waals surface area contributed by atoms with E-state index in [0.717, 1.165) is 50.4 Å². The van der Waals surface area contributed by atoms with Crippen LogP contribution in [0.25, 0.3) is 0 Å². The average Bonchev–Trinajstić information content (AvgIpc) is 3.10. The van der Waals surface area contributed by atoms with Crippen LogP contribution >= 0.6 is 0 Å². The normalized spacial score (nSPS) is 17.7. The summed E-state index contributed by atoms with van der Waals surface area (Å²) >= 11 is 0. The van der Waals surface area contributed by atoms with E-state index in [4.69, 9.17) is 0 Å². The number of carbonyl (C=O) groups is 1. The lowest BCUT2D eigenvalue weighted by molar-refractivity contribution is -0.131. The van der Waals surface area contributed by atoms with Crippen LogP contribution in [-0.4, -0.2) is 64.1 Å². The highest BCUT2D eigenvalue weighted by Gasteiger charge is 2.27. The number of likely N-dealkylation sites (tertiary alicyclic amines) is 1. The molecule has 0 spiro atoms. The zero-order valence-corrected chi connectivity index (χ0v) is 15.6. The van der Waals surface area contributed by atoms with Crippen LogP contribution in [0.2, 0.25) is 0 Å². The number of aromatic nitrogens is 2. The van der Waals surface area contributed by atoms with E-state index in [1.165, 1.54) is 0 Å². The summed E-state index contributed by atoms with van der Waals surface area (Å²) in [4.78, 5) is 21.4. The number of nitrogens with zero attached hydrogens (tertiary/aromatic N) is 4. The first kappa shape index (κ1) is 18.5. The summed E-state index contributed by atoms with van der Waals surface area (Å²) in [6.07, 6.45) is 6.36. The first-order chi connectivity index (χ1) is 12.5. The smallest absolute Gasteiger partial charge is 0.227 e. The van der Waals surface area contributed by atoms with Crippen molar-refractivity contribution in [1.82, 2.24) is 19.4 Å². The Kier molecular flexibility index (Phi) is 5.93. The largest absolute Gasteiger partial charge is 0.508 e. The van der Waals surface area contributed by atoms with Crippen molar-refractivity contribution in [3.63, 3.8) is 0 Å². The summed E-state index contributed by atoms with van der Waals surface area (Å²) in [5.74, 6) is 1.76. The van der Waals surface area contributed by atoms with E-state index in [1.54, 1.807) is 12.1 Å². The van der Waals surface area contributed by atoms with Crippen LogP contribution in [-0.2, 0) is 17.8 Å². The molecule has 1 aromatic carbocycles. The topological polar surface area (TPSA) is 61.6 Å². The van der Waals surface area contributed by atoms with Crippen LogP contribution in [0.1, 0.15) is 30.1 Å². The molecule has 0 aliphatic carbocycles. The van der Waals surface area contributed by atoms with Gasteiger partial charge in [0.2, 0.25) is 5.91 Å². The molecule has 2 aromatic rings. The maximum Gasteiger partial charge on any atom is 0.227 e. The Balaban J connectivity index is 1.63. The average molecular weight is 356 g/mol. The third-order valence-corrected chi connectivity index (χ3v) is 4.97. The summed E-state index contributed by atoms with van der Waals surface area (Å²) in [6.45, 7) is 3.43. The maximum absolute atomic E-state index is 12.7. The minimum Gasteiger partial charge on any atom is -0.508 e. The molecule has 1 fully saturated rings. The van der Waals surface area contributed by atoms with Crippen molar-refractivity contribution in [3.8, 4) is 5.75 Å². The molecule has 1 atom stereocenters. The molecule has 0 saturated carbocycles. The minimum absolute atomic E-state index is 0.145. The van der Waals surface area contributed by atoms with Gasteiger partial charge in [-0.25, -0.2) is 4.98 Å². The zero-order chi connectivity index (χ0) is 18.5. The maximum atomic E-state index is 12.7. The molecule has 1 aromatic heterocycles. The van der Waals surface area contributed by atoms with Crippen molar-refractivity contribution in [2.75, 3.05) is 33.7 Å². The minimum atomic E-state index is 0.145. The van der Waals surface area contributed by atoms with Gasteiger partial charge in [0.25, 0.3) is 0 Å². The van der Waals surface area contributed by atoms with Gasteiger partial charge in [-0.3, -0.25) is 4.79 Å². The lowest BCUT2D eigenvalue weighted by Gasteiger charge is -2.33. The molecule has 1 aliphatic rings. The van der Waals surface area contributed by atoms with E-state index < -0.39 is 0 Å². The van der Waals surface area contributed by atoms with Gasteiger partial charge in [-0.05, 0) is 44.6 Å². The summed E-state index contributed by atoms with van der Waals surface area (Å²) in [5.41, 5.74) is 0.933. The summed E-state index contributed by atoms with van der Waals surface area (Å²) in [7, 11) is 4.14. The van der Waals surface area contributed by atoms with E-state index in [1.807, 2.05) is 29.4 Å². The summed E-state index contributed by atoms with van der Waals surface area (Å²) in [6, 6.07) is 6.87. The van der Waals surface area contributed by atoms with Crippen molar-refractivity contribution < 1.29 is 9.90 Å². The van der Waals surface area contributed by atoms with Gasteiger partial charge in [0.1, 0.15) is 11.6 Å². The van der Waals surface area contributed by atoms with E-state index in [9.17, 15) is 9.90 Å². The first-order valence-corrected chi connectivity index (χ1v) is 9.24. The molecule has 0 bridgehead atoms. The van der Waals surface area contributed by atoms with Gasteiger partial charge in [0.15, 0.2) is 0 Å². The molecule has 3 rings (SSSR count). The highest BCUT2D eigenvalue weighted by molar-refractivity contribution is 5.79. The SMILES string of the molecule is CN(C)CCn1ccnc1C1CCCN(C(=O)Cc2ccc(O)cc2)C1. The van der Waals surface area contributed by atoms with E-state index in [0.29, 0.717) is 12.3 Å². The molecule has 6 nitrogen and oxygen atoms in total. The number of aromatic hydroxyl groups is 1. The highest BCUT2D eigenvalue weighted by atomic mass is 16.3. The molecule has 1 aliphatic heterocycles. The van der Waals surface area contributed by atoms with Crippen LogP contribution in [0.4, 0.5) is 0 Å². The number of imidazole rings is 1. The van der Waals surface area contributed by atoms with Gasteiger partial charge in [-0.1, -0.05) is 12.1 Å². The predicted octanol–water partition coefficient (Wildman–Crippen LogP) is 2.10. The van der Waals surface area contributed by atoms with E-state index >= 15 is 0 Å². The van der Waals surface area contributed by atoms with Crippen molar-refractivity contribution in [1.29, 1.82) is 0 Å². The number of phenols is 1. The number of likely N-dealkylation sites (N-methyl/N-ethyl adjacent to an activating group) is 1. The predicted molar refractivity (Wildman–Crippen MR) is 101 cm³/mol. The lowest BCUT2D eigenvalue weighted by Crippen LogP contribution is -2.40. The fraction of sp³-hybridized carbons (Fsp3) is 0.500. The second-order valence-corrected chi connectivity index (χ2v) is 7.30. The Bertz CT molecular complexity index is 724. The number of carbonyl (C=O) groups excluding carboxylic acids is 1. The second kappa shape index (κ2) is 8.36. The second-order valence-electron chi connectivity index (χ2n) is 7.30. The Morgan fingerprint density at radius 3 is 2.81 bits per heavy atom. The number of hydrogen-bond donors (Lipinski definition) is 1. The number of benzene rings is 1. The van der Waals surface area contributed by atoms with Gasteiger partial charge in [-0.15, -0.1) is 0 Å². The molecule has 6 heteroatoms. The van der Waals surface area contributed by atoms with Gasteiger partial charge < -0.3 is 19.5 Å². The Morgan fingerprint density at radius 1 is 1.31 bits per heavy atom. The molecular formula is C20H28N4O2. The highest BCUT2D eigenvalue weighted by Crippen LogP contribution is 2.26. The number of rotatable bonds is 6. The summed E-state index contributed by atoms with van der Waals surface area (Å²) in [5, 5.41) is 9.38. The molecule has 0 radical (unpaired) electrons. The molecular weight excluding hydrogens is 328 g/mol. The molecule has 2 heterocycles. The van der Waals surface area contributed by atoms with Crippen LogP contribution in [0, 0.1) is 0 Å². The van der Waals surface area contributed by atoms with Crippen LogP contribution in [0.3, 0.4) is 0 Å². The number of amides is 1. The molecule has 26 heavy (non-hydrogen) atoms. The number of hydrogen-bond acceptors (Lipinski definition) is 4. The van der Waals surface area contributed by atoms with Gasteiger partial charge in [-0.2, -0.15) is 0 Å². The fourth-order valence-corrected chi connectivity index (χ4v) is 3.49. The van der Waals surface area contributed by atoms with E-state index in [2.05, 4.69) is 28.5 Å². The quantitative estimate of drug-likeness (QED) is 0.861. The molecule has 1 saturated heterocycles. The number of piperidine rings is 1. The van der Waals surface area contributed by atoms with Gasteiger partial charge in [0.05, 0.1) is 6.42 Å². The van der Waals surface area contributed by atoms with Crippen LogP contribution < -0.4 is 0 Å². The third-order valence-electron chi connectivity index (χ3n) is 4.97. The fourth-order valence-electron chi connectivity index (χ4n) is 3.49. The Labute approximate surface area is 155 Å². The van der Waals surface area contributed by atoms with Crippen molar-refractivity contribution in [3.05, 3.63) is 48.0 Å². The van der Waals surface area contributed by atoms with Gasteiger partial charge >= 0.3 is 0 Å². The van der Waals surface area contributed by atoms with E-state index in [-0.39, 0.29) is 11.7 Å². The summed E-state index contributed by atoms with van der Waals surface area (Å²) < 4.78 is 2.22. The van der Waals surface area contributed by atoms with Crippen LogP contribution in [0.15, 0.2) is 36.7 Å². The Hall–Kier alpha value is -2.34. The van der Waals surface area contributed by atoms with Crippen molar-refractivity contribution in [2.45, 2.75) is 31.7 Å². The Morgan fingerprint density at radius 2 is 2.08 bits per heavy atom. The first-order valence-electron chi connectivity index (χ1n) is 9.24. The standard InChI is InChI=1S/C20H28N4O2/c1-22(2)12-13-23-11-9-21-20(23)17-4-3-10-24(15-17)19(26)14-16-5-7-18(25)8-6-16/h5-9,11,17,25H,3-4,10,12-15H2,1-2H3. The van der Waals surface area contributed by atoms with Gasteiger partial charge in [0, 0.05) is 44.5 Å². The molecule has 1 N–H and O–H groups in total. The van der Waals surface area contributed by atoms with Crippen molar-refractivity contribution >= 4 is 5.91 Å². The lowest BCUT2D eigenvalue weighted by atomic mass is 9.96. The molecule has 1 amide bonds. The van der Waals surface area contributed by atoms with Crippen LogP contribution in [0.5, 0.6) is 5.75 Å². The van der Waals surface area contributed by atoms with Crippen molar-refractivity contribution in [2.24, 2.45) is 0 Å².